The second kappa shape index (κ2) is 10.3. The van der Waals surface area contributed by atoms with Gasteiger partial charge in [0.05, 0.1) is 19.3 Å². The van der Waals surface area contributed by atoms with Gasteiger partial charge in [0.1, 0.15) is 12.4 Å². The van der Waals surface area contributed by atoms with Crippen molar-refractivity contribution in [2.75, 3.05) is 26.4 Å². The van der Waals surface area contributed by atoms with Crippen LogP contribution in [0.2, 0.25) is 5.02 Å². The topological polar surface area (TPSA) is 50.7 Å². The fourth-order valence-corrected chi connectivity index (χ4v) is 2.33. The van der Waals surface area contributed by atoms with Crippen molar-refractivity contribution in [1.29, 1.82) is 0 Å². The van der Waals surface area contributed by atoms with Crippen LogP contribution in [-0.4, -0.2) is 37.6 Å². The summed E-state index contributed by atoms with van der Waals surface area (Å²) in [5.74, 6) is 0.752. The SMILES string of the molecule is C[C@H](NC[C@H](O)COCCOc1ccc(Cl)cc1)c1ccccc1. The van der Waals surface area contributed by atoms with E-state index in [4.69, 9.17) is 21.1 Å². The van der Waals surface area contributed by atoms with Crippen LogP contribution >= 0.6 is 11.6 Å². The molecule has 24 heavy (non-hydrogen) atoms. The lowest BCUT2D eigenvalue weighted by atomic mass is 10.1. The highest BCUT2D eigenvalue weighted by atomic mass is 35.5. The minimum Gasteiger partial charge on any atom is -0.491 e. The summed E-state index contributed by atoms with van der Waals surface area (Å²) in [5.41, 5.74) is 1.20. The number of aliphatic hydroxyl groups excluding tert-OH is 1. The van der Waals surface area contributed by atoms with Crippen LogP contribution in [0.15, 0.2) is 54.6 Å². The number of halogens is 1. The zero-order valence-corrected chi connectivity index (χ0v) is 14.6. The molecule has 0 radical (unpaired) electrons. The van der Waals surface area contributed by atoms with Gasteiger partial charge in [-0.15, -0.1) is 0 Å². The van der Waals surface area contributed by atoms with Gasteiger partial charge in [-0.3, -0.25) is 0 Å². The van der Waals surface area contributed by atoms with Gasteiger partial charge >= 0.3 is 0 Å². The minimum atomic E-state index is -0.549. The first-order valence-electron chi connectivity index (χ1n) is 8.07. The van der Waals surface area contributed by atoms with Crippen LogP contribution in [0.4, 0.5) is 0 Å². The molecular weight excluding hydrogens is 326 g/mol. The molecule has 0 aliphatic carbocycles. The number of hydrogen-bond acceptors (Lipinski definition) is 4. The number of nitrogens with one attached hydrogen (secondary N) is 1. The fraction of sp³-hybridized carbons (Fsp3) is 0.368. The highest BCUT2D eigenvalue weighted by molar-refractivity contribution is 6.30. The molecule has 0 heterocycles. The maximum Gasteiger partial charge on any atom is 0.119 e. The summed E-state index contributed by atoms with van der Waals surface area (Å²) in [6.07, 6.45) is -0.549. The fourth-order valence-electron chi connectivity index (χ4n) is 2.20. The summed E-state index contributed by atoms with van der Waals surface area (Å²) in [5, 5.41) is 13.9. The van der Waals surface area contributed by atoms with Crippen molar-refractivity contribution in [2.45, 2.75) is 19.1 Å². The number of rotatable bonds is 10. The molecule has 5 heteroatoms. The first-order chi connectivity index (χ1) is 11.6. The van der Waals surface area contributed by atoms with Crippen molar-refractivity contribution in [2.24, 2.45) is 0 Å². The lowest BCUT2D eigenvalue weighted by Crippen LogP contribution is -2.32. The molecule has 0 fully saturated rings. The van der Waals surface area contributed by atoms with Gasteiger partial charge < -0.3 is 19.9 Å². The lowest BCUT2D eigenvalue weighted by Gasteiger charge is -2.17. The first-order valence-corrected chi connectivity index (χ1v) is 8.45. The zero-order chi connectivity index (χ0) is 17.2. The summed E-state index contributed by atoms with van der Waals surface area (Å²) in [6, 6.07) is 17.5. The van der Waals surface area contributed by atoms with Crippen molar-refractivity contribution in [3.63, 3.8) is 0 Å². The van der Waals surface area contributed by atoms with Crippen LogP contribution < -0.4 is 10.1 Å². The van der Waals surface area contributed by atoms with E-state index < -0.39 is 6.10 Å². The van der Waals surface area contributed by atoms with Gasteiger partial charge in [0.15, 0.2) is 0 Å². The maximum atomic E-state index is 9.95. The highest BCUT2D eigenvalue weighted by Crippen LogP contribution is 2.15. The maximum absolute atomic E-state index is 9.95. The minimum absolute atomic E-state index is 0.189. The van der Waals surface area contributed by atoms with Crippen LogP contribution in [0.25, 0.3) is 0 Å². The number of aliphatic hydroxyl groups is 1. The van der Waals surface area contributed by atoms with Gasteiger partial charge in [0.25, 0.3) is 0 Å². The Morgan fingerprint density at radius 3 is 2.46 bits per heavy atom. The zero-order valence-electron chi connectivity index (χ0n) is 13.8. The third-order valence-electron chi connectivity index (χ3n) is 3.58. The van der Waals surface area contributed by atoms with E-state index in [0.717, 1.165) is 5.75 Å². The largest absolute Gasteiger partial charge is 0.491 e. The van der Waals surface area contributed by atoms with Gasteiger partial charge in [-0.25, -0.2) is 0 Å². The number of ether oxygens (including phenoxy) is 2. The summed E-state index contributed by atoms with van der Waals surface area (Å²) in [7, 11) is 0. The Labute approximate surface area is 148 Å². The van der Waals surface area contributed by atoms with Crippen LogP contribution in [0, 0.1) is 0 Å². The van der Waals surface area contributed by atoms with E-state index >= 15 is 0 Å². The molecule has 0 spiro atoms. The monoisotopic (exact) mass is 349 g/mol. The van der Waals surface area contributed by atoms with Crippen molar-refractivity contribution in [3.05, 3.63) is 65.2 Å². The van der Waals surface area contributed by atoms with E-state index in [1.54, 1.807) is 12.1 Å². The van der Waals surface area contributed by atoms with Crippen molar-refractivity contribution >= 4 is 11.6 Å². The highest BCUT2D eigenvalue weighted by Gasteiger charge is 2.08. The molecule has 0 aliphatic rings. The van der Waals surface area contributed by atoms with E-state index in [2.05, 4.69) is 24.4 Å². The molecule has 0 amide bonds. The molecule has 2 aromatic carbocycles. The normalized spacial score (nSPS) is 13.5. The summed E-state index contributed by atoms with van der Waals surface area (Å²) in [4.78, 5) is 0. The summed E-state index contributed by atoms with van der Waals surface area (Å²) >= 11 is 5.81. The lowest BCUT2D eigenvalue weighted by molar-refractivity contribution is 0.0242. The van der Waals surface area contributed by atoms with Crippen molar-refractivity contribution in [3.8, 4) is 5.75 Å². The quantitative estimate of drug-likeness (QED) is 0.645. The summed E-state index contributed by atoms with van der Waals surface area (Å²) < 4.78 is 11.0. The third kappa shape index (κ3) is 6.89. The Morgan fingerprint density at radius 1 is 1.04 bits per heavy atom. The molecule has 0 saturated heterocycles. The van der Waals surface area contributed by atoms with Crippen LogP contribution in [0.1, 0.15) is 18.5 Å². The van der Waals surface area contributed by atoms with Crippen LogP contribution in [-0.2, 0) is 4.74 Å². The van der Waals surface area contributed by atoms with Gasteiger partial charge in [-0.05, 0) is 36.8 Å². The predicted molar refractivity (Wildman–Crippen MR) is 96.6 cm³/mol. The average molecular weight is 350 g/mol. The molecule has 2 atom stereocenters. The molecule has 4 nitrogen and oxygen atoms in total. The van der Waals surface area contributed by atoms with Crippen LogP contribution in [0.3, 0.4) is 0 Å². The molecule has 2 rings (SSSR count). The molecule has 0 aromatic heterocycles. The van der Waals surface area contributed by atoms with E-state index in [-0.39, 0.29) is 12.6 Å². The Hall–Kier alpha value is -1.59. The van der Waals surface area contributed by atoms with E-state index in [1.807, 2.05) is 30.3 Å². The van der Waals surface area contributed by atoms with Gasteiger partial charge in [0, 0.05) is 17.6 Å². The number of benzene rings is 2. The molecule has 0 bridgehead atoms. The summed E-state index contributed by atoms with van der Waals surface area (Å²) in [6.45, 7) is 3.69. The van der Waals surface area contributed by atoms with Gasteiger partial charge in [-0.1, -0.05) is 41.9 Å². The van der Waals surface area contributed by atoms with Crippen molar-refractivity contribution in [1.82, 2.24) is 5.32 Å². The predicted octanol–water partition coefficient (Wildman–Crippen LogP) is 3.45. The Kier molecular flexibility index (Phi) is 8.05. The van der Waals surface area contributed by atoms with E-state index in [1.165, 1.54) is 5.56 Å². The average Bonchev–Trinajstić information content (AvgIpc) is 2.61. The molecular formula is C19H24ClNO3. The standard InChI is InChI=1S/C19H24ClNO3/c1-15(16-5-3-2-4-6-16)21-13-18(22)14-23-11-12-24-19-9-7-17(20)8-10-19/h2-10,15,18,21-22H,11-14H2,1H3/t15-,18-/m0/s1. The van der Waals surface area contributed by atoms with Crippen LogP contribution in [0.5, 0.6) is 5.75 Å². The molecule has 2 N–H and O–H groups in total. The second-order valence-corrected chi connectivity index (χ2v) is 6.01. The molecule has 0 aliphatic heterocycles. The Morgan fingerprint density at radius 2 is 1.75 bits per heavy atom. The molecule has 130 valence electrons. The first kappa shape index (κ1) is 18.7. The number of hydrogen-bond donors (Lipinski definition) is 2. The van der Waals surface area contributed by atoms with Gasteiger partial charge in [-0.2, -0.15) is 0 Å². The van der Waals surface area contributed by atoms with E-state index in [9.17, 15) is 5.11 Å². The third-order valence-corrected chi connectivity index (χ3v) is 3.83. The molecule has 2 aromatic rings. The molecule has 0 saturated carbocycles. The molecule has 0 unspecified atom stereocenters. The second-order valence-electron chi connectivity index (χ2n) is 5.57. The smallest absolute Gasteiger partial charge is 0.119 e. The van der Waals surface area contributed by atoms with Gasteiger partial charge in [0.2, 0.25) is 0 Å². The van der Waals surface area contributed by atoms with E-state index in [0.29, 0.717) is 24.8 Å². The Bertz CT molecular complexity index is 577. The van der Waals surface area contributed by atoms with Crippen molar-refractivity contribution < 1.29 is 14.6 Å². The Balaban J connectivity index is 1.55.